The molecule has 0 unspecified atom stereocenters. The van der Waals surface area contributed by atoms with Crippen LogP contribution in [0.2, 0.25) is 0 Å². The summed E-state index contributed by atoms with van der Waals surface area (Å²) < 4.78 is 11.3. The molecule has 1 radical (unpaired) electrons. The van der Waals surface area contributed by atoms with Crippen LogP contribution in [0, 0.1) is 6.07 Å². The third-order valence-corrected chi connectivity index (χ3v) is 3.31. The van der Waals surface area contributed by atoms with E-state index < -0.39 is 0 Å². The second-order valence-electron chi connectivity index (χ2n) is 3.64. The fourth-order valence-electron chi connectivity index (χ4n) is 1.99. The molecular formula is C14H8OS+. The summed E-state index contributed by atoms with van der Waals surface area (Å²) in [5.41, 5.74) is 0. The molecule has 3 rings (SSSR count). The molecule has 0 N–H and O–H groups in total. The van der Waals surface area contributed by atoms with Crippen molar-refractivity contribution in [2.24, 2.45) is 0 Å². The largest absolute Gasteiger partial charge is 0.506 e. The molecule has 1 nitrogen and oxygen atoms in total. The molecule has 16 heavy (non-hydrogen) atoms. The zero-order valence-electron chi connectivity index (χ0n) is 8.44. The fourth-order valence-corrected chi connectivity index (χ4v) is 2.52. The predicted octanol–water partition coefficient (Wildman–Crippen LogP) is 3.58. The van der Waals surface area contributed by atoms with Crippen molar-refractivity contribution in [2.75, 3.05) is 0 Å². The summed E-state index contributed by atoms with van der Waals surface area (Å²) in [7, 11) is 0. The minimum atomic E-state index is 0.547. The van der Waals surface area contributed by atoms with Gasteiger partial charge in [0.15, 0.2) is 0 Å². The van der Waals surface area contributed by atoms with Gasteiger partial charge < -0.3 is 0 Å². The van der Waals surface area contributed by atoms with Crippen molar-refractivity contribution in [3.05, 3.63) is 54.6 Å². The van der Waals surface area contributed by atoms with E-state index in [1.54, 1.807) is 0 Å². The summed E-state index contributed by atoms with van der Waals surface area (Å²) >= 11 is 0.547. The van der Waals surface area contributed by atoms with Gasteiger partial charge in [0.05, 0.1) is 10.8 Å². The van der Waals surface area contributed by atoms with Crippen LogP contribution in [-0.2, 0) is 15.9 Å². The smallest absolute Gasteiger partial charge is 0.0616 e. The van der Waals surface area contributed by atoms with Crippen LogP contribution in [0.15, 0.2) is 53.4 Å². The molecular weight excluding hydrogens is 216 g/mol. The third-order valence-electron chi connectivity index (χ3n) is 2.72. The number of benzene rings is 3. The second kappa shape index (κ2) is 3.65. The molecule has 0 bridgehead atoms. The molecule has 0 heterocycles. The van der Waals surface area contributed by atoms with Crippen LogP contribution in [0.4, 0.5) is 0 Å². The highest BCUT2D eigenvalue weighted by molar-refractivity contribution is 7.66. The number of hydrogen-bond donors (Lipinski definition) is 0. The molecule has 0 aliphatic carbocycles. The van der Waals surface area contributed by atoms with E-state index in [9.17, 15) is 4.21 Å². The van der Waals surface area contributed by atoms with E-state index in [4.69, 9.17) is 0 Å². The van der Waals surface area contributed by atoms with E-state index >= 15 is 0 Å². The van der Waals surface area contributed by atoms with E-state index in [1.165, 1.54) is 0 Å². The van der Waals surface area contributed by atoms with Crippen molar-refractivity contribution >= 4 is 33.2 Å². The molecule has 0 amide bonds. The van der Waals surface area contributed by atoms with Gasteiger partial charge in [0.1, 0.15) is 0 Å². The van der Waals surface area contributed by atoms with Gasteiger partial charge in [-0.2, -0.15) is 0 Å². The Labute approximate surface area is 97.2 Å². The lowest BCUT2D eigenvalue weighted by atomic mass is 10.0. The second-order valence-corrected chi connectivity index (χ2v) is 4.22. The SMILES string of the molecule is O=[S+]c1c2[c]cccc2cc2ccccc12. The number of rotatable bonds is 1. The fraction of sp³-hybridized carbons (Fsp3) is 0. The van der Waals surface area contributed by atoms with Crippen LogP contribution in [-0.4, -0.2) is 0 Å². The van der Waals surface area contributed by atoms with Gasteiger partial charge in [-0.05, 0) is 29.0 Å². The number of fused-ring (bicyclic) bond motifs is 2. The van der Waals surface area contributed by atoms with Crippen molar-refractivity contribution < 1.29 is 4.21 Å². The summed E-state index contributed by atoms with van der Waals surface area (Å²) in [5.74, 6) is 0. The summed E-state index contributed by atoms with van der Waals surface area (Å²) in [5, 5.41) is 4.10. The molecule has 0 fully saturated rings. The van der Waals surface area contributed by atoms with Crippen molar-refractivity contribution in [1.82, 2.24) is 0 Å². The third kappa shape index (κ3) is 1.31. The van der Waals surface area contributed by atoms with Gasteiger partial charge >= 0.3 is 16.6 Å². The Morgan fingerprint density at radius 1 is 1.00 bits per heavy atom. The molecule has 0 atom stereocenters. The standard InChI is InChI=1S/C14H8OS/c15-16-14-12-7-3-1-5-10(12)9-11-6-2-4-8-13(11)14/h1-7,9H/q+1. The van der Waals surface area contributed by atoms with Crippen LogP contribution in [0.5, 0.6) is 0 Å². The quantitative estimate of drug-likeness (QED) is 0.456. The number of hydrogen-bond acceptors (Lipinski definition) is 1. The van der Waals surface area contributed by atoms with Gasteiger partial charge in [0.25, 0.3) is 0 Å². The average molecular weight is 224 g/mol. The Balaban J connectivity index is 2.61. The van der Waals surface area contributed by atoms with Gasteiger partial charge in [0, 0.05) is 4.21 Å². The highest BCUT2D eigenvalue weighted by Crippen LogP contribution is 2.28. The highest BCUT2D eigenvalue weighted by atomic mass is 32.1. The molecule has 3 aromatic rings. The van der Waals surface area contributed by atoms with Crippen molar-refractivity contribution in [3.8, 4) is 0 Å². The van der Waals surface area contributed by atoms with E-state index in [1.807, 2.05) is 42.5 Å². The summed E-state index contributed by atoms with van der Waals surface area (Å²) in [4.78, 5) is 0.772. The summed E-state index contributed by atoms with van der Waals surface area (Å²) in [6.45, 7) is 0. The average Bonchev–Trinajstić information content (AvgIpc) is 2.36. The lowest BCUT2D eigenvalue weighted by molar-refractivity contribution is 0.605. The van der Waals surface area contributed by atoms with Gasteiger partial charge in [-0.3, -0.25) is 0 Å². The summed E-state index contributed by atoms with van der Waals surface area (Å²) in [6, 6.07) is 19.0. The van der Waals surface area contributed by atoms with Crippen LogP contribution < -0.4 is 0 Å². The van der Waals surface area contributed by atoms with E-state index in [-0.39, 0.29) is 0 Å². The Morgan fingerprint density at radius 3 is 2.69 bits per heavy atom. The van der Waals surface area contributed by atoms with Crippen LogP contribution >= 0.6 is 0 Å². The van der Waals surface area contributed by atoms with Crippen LogP contribution in [0.3, 0.4) is 0 Å². The maximum absolute atomic E-state index is 11.3. The molecule has 0 aromatic heterocycles. The zero-order valence-corrected chi connectivity index (χ0v) is 9.25. The minimum Gasteiger partial charge on any atom is -0.0616 e. The highest BCUT2D eigenvalue weighted by Gasteiger charge is 2.17. The molecule has 3 aromatic carbocycles. The normalized spacial score (nSPS) is 10.8. The van der Waals surface area contributed by atoms with Crippen molar-refractivity contribution in [2.45, 2.75) is 4.90 Å². The summed E-state index contributed by atoms with van der Waals surface area (Å²) in [6.07, 6.45) is 0. The maximum Gasteiger partial charge on any atom is 0.506 e. The first-order valence-electron chi connectivity index (χ1n) is 5.02. The molecule has 0 aliphatic heterocycles. The molecule has 75 valence electrons. The predicted molar refractivity (Wildman–Crippen MR) is 66.6 cm³/mol. The molecule has 0 saturated heterocycles. The topological polar surface area (TPSA) is 17.1 Å². The van der Waals surface area contributed by atoms with Gasteiger partial charge in [0.2, 0.25) is 0 Å². The van der Waals surface area contributed by atoms with Gasteiger partial charge in [-0.1, -0.05) is 36.4 Å². The Morgan fingerprint density at radius 2 is 1.81 bits per heavy atom. The minimum absolute atomic E-state index is 0.547. The molecule has 0 spiro atoms. The maximum atomic E-state index is 11.3. The first kappa shape index (κ1) is 9.43. The molecule has 0 aliphatic rings. The van der Waals surface area contributed by atoms with Crippen molar-refractivity contribution in [1.29, 1.82) is 0 Å². The molecule has 2 heteroatoms. The van der Waals surface area contributed by atoms with Gasteiger partial charge in [-0.15, -0.1) is 0 Å². The lowest BCUT2D eigenvalue weighted by Gasteiger charge is -1.99. The Bertz CT molecular complexity index is 634. The van der Waals surface area contributed by atoms with Crippen molar-refractivity contribution in [3.63, 3.8) is 0 Å². The van der Waals surface area contributed by atoms with Crippen LogP contribution in [0.25, 0.3) is 21.5 Å². The van der Waals surface area contributed by atoms with E-state index in [2.05, 4.69) is 12.1 Å². The van der Waals surface area contributed by atoms with E-state index in [0.29, 0.717) is 11.7 Å². The van der Waals surface area contributed by atoms with Crippen LogP contribution in [0.1, 0.15) is 0 Å². The monoisotopic (exact) mass is 224 g/mol. The Hall–Kier alpha value is -1.80. The Kier molecular flexibility index (Phi) is 2.15. The zero-order chi connectivity index (χ0) is 11.0. The lowest BCUT2D eigenvalue weighted by Crippen LogP contribution is -1.83. The first-order chi connectivity index (χ1) is 7.90. The molecule has 0 saturated carbocycles. The van der Waals surface area contributed by atoms with Gasteiger partial charge in [-0.25, -0.2) is 0 Å². The van der Waals surface area contributed by atoms with E-state index in [0.717, 1.165) is 26.4 Å². The first-order valence-corrected chi connectivity index (χ1v) is 5.76.